The number of piperazine rings is 1. The van der Waals surface area contributed by atoms with Gasteiger partial charge in [0, 0.05) is 49.8 Å². The second-order valence-electron chi connectivity index (χ2n) is 10.5. The predicted octanol–water partition coefficient (Wildman–Crippen LogP) is 5.81. The maximum absolute atomic E-state index is 13.0. The Morgan fingerprint density at radius 2 is 1.56 bits per heavy atom. The topological polar surface area (TPSA) is 71.3 Å². The number of hydrogen-bond donors (Lipinski definition) is 0. The molecule has 7 nitrogen and oxygen atoms in total. The SMILES string of the molecule is Cc1ccccc1-n1c(SCCCC(=O)N2CCN(C(=O)CCc3ccccc3)[C@@H](C)C2)nnc1-c1ccccc1. The van der Waals surface area contributed by atoms with Crippen LogP contribution in [0.25, 0.3) is 17.1 Å². The summed E-state index contributed by atoms with van der Waals surface area (Å²) >= 11 is 1.63. The normalized spacial score (nSPS) is 15.2. The summed E-state index contributed by atoms with van der Waals surface area (Å²) < 4.78 is 2.12. The van der Waals surface area contributed by atoms with Crippen LogP contribution in [0.1, 0.15) is 37.3 Å². The second kappa shape index (κ2) is 13.6. The lowest BCUT2D eigenvalue weighted by molar-refractivity contribution is -0.142. The van der Waals surface area contributed by atoms with Gasteiger partial charge in [-0.05, 0) is 43.9 Å². The summed E-state index contributed by atoms with van der Waals surface area (Å²) in [7, 11) is 0. The van der Waals surface area contributed by atoms with Gasteiger partial charge in [0.15, 0.2) is 11.0 Å². The third kappa shape index (κ3) is 7.06. The van der Waals surface area contributed by atoms with Crippen molar-refractivity contribution in [1.29, 1.82) is 0 Å². The number of aryl methyl sites for hydroxylation is 2. The van der Waals surface area contributed by atoms with Crippen molar-refractivity contribution in [2.75, 3.05) is 25.4 Å². The van der Waals surface area contributed by atoms with E-state index in [4.69, 9.17) is 0 Å². The zero-order valence-electron chi connectivity index (χ0n) is 23.8. The Bertz CT molecular complexity index is 1460. The molecule has 1 aliphatic heterocycles. The number of para-hydroxylation sites is 1. The number of aromatic nitrogens is 3. The van der Waals surface area contributed by atoms with E-state index in [-0.39, 0.29) is 17.9 Å². The minimum atomic E-state index is 0.0226. The summed E-state index contributed by atoms with van der Waals surface area (Å²) in [4.78, 5) is 29.8. The number of benzene rings is 3. The van der Waals surface area contributed by atoms with Crippen LogP contribution in [-0.2, 0) is 16.0 Å². The summed E-state index contributed by atoms with van der Waals surface area (Å²) in [5, 5.41) is 9.89. The Hall–Kier alpha value is -3.91. The number of carbonyl (C=O) groups is 2. The van der Waals surface area contributed by atoms with Gasteiger partial charge in [-0.15, -0.1) is 10.2 Å². The Morgan fingerprint density at radius 1 is 0.854 bits per heavy atom. The maximum Gasteiger partial charge on any atom is 0.223 e. The zero-order valence-corrected chi connectivity index (χ0v) is 24.6. The van der Waals surface area contributed by atoms with Gasteiger partial charge in [0.25, 0.3) is 0 Å². The van der Waals surface area contributed by atoms with E-state index in [1.54, 1.807) is 11.8 Å². The van der Waals surface area contributed by atoms with Crippen LogP contribution in [0.15, 0.2) is 90.1 Å². The molecule has 0 unspecified atom stereocenters. The number of carbonyl (C=O) groups excluding carboxylic acids is 2. The first-order valence-corrected chi connectivity index (χ1v) is 15.3. The number of thioether (sulfide) groups is 1. The van der Waals surface area contributed by atoms with E-state index in [9.17, 15) is 9.59 Å². The van der Waals surface area contributed by atoms with Crippen LogP contribution in [0.3, 0.4) is 0 Å². The van der Waals surface area contributed by atoms with Crippen molar-refractivity contribution < 1.29 is 9.59 Å². The molecule has 0 N–H and O–H groups in total. The Morgan fingerprint density at radius 3 is 2.29 bits per heavy atom. The van der Waals surface area contributed by atoms with Crippen molar-refractivity contribution in [2.24, 2.45) is 0 Å². The molecule has 0 bridgehead atoms. The van der Waals surface area contributed by atoms with Crippen molar-refractivity contribution in [3.63, 3.8) is 0 Å². The van der Waals surface area contributed by atoms with Gasteiger partial charge in [0.1, 0.15) is 0 Å². The largest absolute Gasteiger partial charge is 0.339 e. The van der Waals surface area contributed by atoms with Gasteiger partial charge in [-0.25, -0.2) is 0 Å². The van der Waals surface area contributed by atoms with Crippen molar-refractivity contribution in [2.45, 2.75) is 50.7 Å². The van der Waals surface area contributed by atoms with Gasteiger partial charge in [-0.2, -0.15) is 0 Å². The molecule has 1 atom stereocenters. The lowest BCUT2D eigenvalue weighted by Crippen LogP contribution is -2.55. The van der Waals surface area contributed by atoms with Crippen LogP contribution in [0.5, 0.6) is 0 Å². The van der Waals surface area contributed by atoms with Gasteiger partial charge in [-0.3, -0.25) is 14.2 Å². The molecule has 0 radical (unpaired) electrons. The molecule has 2 amide bonds. The highest BCUT2D eigenvalue weighted by atomic mass is 32.2. The molecule has 1 saturated heterocycles. The standard InChI is InChI=1S/C33H37N5O2S/c1-25-12-9-10-17-29(25)38-32(28-15-7-4-8-16-28)34-35-33(38)41-23-11-18-30(39)36-21-22-37(26(2)24-36)31(40)20-19-27-13-5-3-6-14-27/h3-10,12-17,26H,11,18-24H2,1-2H3/t26-/m0/s1. The van der Waals surface area contributed by atoms with Gasteiger partial charge in [0.05, 0.1) is 5.69 Å². The van der Waals surface area contributed by atoms with E-state index in [0.29, 0.717) is 32.5 Å². The Kier molecular flexibility index (Phi) is 9.51. The summed E-state index contributed by atoms with van der Waals surface area (Å²) in [5.41, 5.74) is 4.39. The average Bonchev–Trinajstić information content (AvgIpc) is 3.42. The van der Waals surface area contributed by atoms with Crippen LogP contribution in [0.2, 0.25) is 0 Å². The van der Waals surface area contributed by atoms with E-state index >= 15 is 0 Å². The molecule has 0 spiro atoms. The fourth-order valence-corrected chi connectivity index (χ4v) is 6.19. The van der Waals surface area contributed by atoms with Crippen LogP contribution < -0.4 is 0 Å². The number of nitrogens with zero attached hydrogens (tertiary/aromatic N) is 5. The average molecular weight is 568 g/mol. The third-order valence-electron chi connectivity index (χ3n) is 7.56. The number of rotatable bonds is 10. The van der Waals surface area contributed by atoms with Crippen LogP contribution in [0.4, 0.5) is 0 Å². The third-order valence-corrected chi connectivity index (χ3v) is 8.57. The van der Waals surface area contributed by atoms with E-state index in [1.165, 1.54) is 5.56 Å². The Balaban J connectivity index is 1.13. The van der Waals surface area contributed by atoms with Crippen LogP contribution in [0, 0.1) is 6.92 Å². The summed E-state index contributed by atoms with van der Waals surface area (Å²) in [6.07, 6.45) is 2.47. The summed E-state index contributed by atoms with van der Waals surface area (Å²) in [6, 6.07) is 28.5. The van der Waals surface area contributed by atoms with Gasteiger partial charge < -0.3 is 9.80 Å². The lowest BCUT2D eigenvalue weighted by Gasteiger charge is -2.40. The molecule has 4 aromatic rings. The first-order chi connectivity index (χ1) is 20.0. The number of amides is 2. The summed E-state index contributed by atoms with van der Waals surface area (Å²) in [5.74, 6) is 1.89. The molecule has 3 aromatic carbocycles. The minimum absolute atomic E-state index is 0.0226. The van der Waals surface area contributed by atoms with Crippen LogP contribution >= 0.6 is 11.8 Å². The first kappa shape index (κ1) is 28.6. The van der Waals surface area contributed by atoms with E-state index < -0.39 is 0 Å². The van der Waals surface area contributed by atoms with Crippen molar-refractivity contribution in [3.8, 4) is 17.1 Å². The molecule has 0 aliphatic carbocycles. The molecule has 41 heavy (non-hydrogen) atoms. The molecular formula is C33H37N5O2S. The quantitative estimate of drug-likeness (QED) is 0.179. The van der Waals surface area contributed by atoms with Crippen molar-refractivity contribution in [1.82, 2.24) is 24.6 Å². The Labute approximate surface area is 246 Å². The fourth-order valence-electron chi connectivity index (χ4n) is 5.31. The van der Waals surface area contributed by atoms with E-state index in [2.05, 4.69) is 46.0 Å². The van der Waals surface area contributed by atoms with Crippen LogP contribution in [-0.4, -0.2) is 67.8 Å². The molecule has 212 valence electrons. The molecular weight excluding hydrogens is 530 g/mol. The molecule has 1 aliphatic rings. The lowest BCUT2D eigenvalue weighted by atomic mass is 10.1. The van der Waals surface area contributed by atoms with Gasteiger partial charge in [-0.1, -0.05) is 90.6 Å². The molecule has 1 fully saturated rings. The fraction of sp³-hybridized carbons (Fsp3) is 0.333. The molecule has 8 heteroatoms. The minimum Gasteiger partial charge on any atom is -0.339 e. The summed E-state index contributed by atoms with van der Waals surface area (Å²) in [6.45, 7) is 5.91. The van der Waals surface area contributed by atoms with Gasteiger partial charge >= 0.3 is 0 Å². The van der Waals surface area contributed by atoms with Crippen molar-refractivity contribution in [3.05, 3.63) is 96.1 Å². The first-order valence-electron chi connectivity index (χ1n) is 14.3. The number of hydrogen-bond acceptors (Lipinski definition) is 5. The highest BCUT2D eigenvalue weighted by Gasteiger charge is 2.29. The highest BCUT2D eigenvalue weighted by molar-refractivity contribution is 7.99. The highest BCUT2D eigenvalue weighted by Crippen LogP contribution is 2.30. The van der Waals surface area contributed by atoms with Gasteiger partial charge in [0.2, 0.25) is 11.8 Å². The maximum atomic E-state index is 13.0. The molecule has 5 rings (SSSR count). The second-order valence-corrected chi connectivity index (χ2v) is 11.6. The molecule has 2 heterocycles. The monoisotopic (exact) mass is 567 g/mol. The molecule has 0 saturated carbocycles. The predicted molar refractivity (Wildman–Crippen MR) is 164 cm³/mol. The smallest absolute Gasteiger partial charge is 0.223 e. The van der Waals surface area contributed by atoms with Crippen molar-refractivity contribution >= 4 is 23.6 Å². The zero-order chi connectivity index (χ0) is 28.6. The van der Waals surface area contributed by atoms with E-state index in [0.717, 1.165) is 46.4 Å². The van der Waals surface area contributed by atoms with E-state index in [1.807, 2.05) is 77.4 Å². The molecule has 1 aromatic heterocycles.